The number of hydrogen-bond donors (Lipinski definition) is 0. The molecule has 59 heavy (non-hydrogen) atoms. The minimum atomic E-state index is 1.09. The van der Waals surface area contributed by atoms with Crippen molar-refractivity contribution in [1.29, 1.82) is 0 Å². The monoisotopic (exact) mass is 749 g/mol. The van der Waals surface area contributed by atoms with Crippen molar-refractivity contribution < 1.29 is 0 Å². The Balaban J connectivity index is 1.15. The van der Waals surface area contributed by atoms with Crippen molar-refractivity contribution in [2.24, 2.45) is 0 Å². The van der Waals surface area contributed by atoms with Crippen molar-refractivity contribution in [3.63, 3.8) is 0 Å². The van der Waals surface area contributed by atoms with Crippen molar-refractivity contribution in [1.82, 2.24) is 0 Å². The molecule has 0 N–H and O–H groups in total. The average molecular weight is 750 g/mol. The molecule has 0 saturated heterocycles. The van der Waals surface area contributed by atoms with E-state index in [1.807, 2.05) is 0 Å². The molecule has 0 atom stereocenters. The third-order valence-electron chi connectivity index (χ3n) is 11.8. The highest BCUT2D eigenvalue weighted by Gasteiger charge is 2.19. The third kappa shape index (κ3) is 6.30. The maximum Gasteiger partial charge on any atom is 0.0473 e. The second kappa shape index (κ2) is 14.6. The Morgan fingerprint density at radius 1 is 0.220 bits per heavy atom. The number of fused-ring (bicyclic) bond motifs is 6. The van der Waals surface area contributed by atoms with Gasteiger partial charge in [-0.05, 0) is 130 Å². The fourth-order valence-corrected chi connectivity index (χ4v) is 8.98. The molecule has 0 unspecified atom stereocenters. The topological polar surface area (TPSA) is 3.24 Å². The highest BCUT2D eigenvalue weighted by molar-refractivity contribution is 6.22. The van der Waals surface area contributed by atoms with Gasteiger partial charge >= 0.3 is 0 Å². The molecule has 1 heteroatoms. The van der Waals surface area contributed by atoms with E-state index in [2.05, 4.69) is 241 Å². The van der Waals surface area contributed by atoms with Crippen molar-refractivity contribution in [3.8, 4) is 44.5 Å². The highest BCUT2D eigenvalue weighted by atomic mass is 15.1. The summed E-state index contributed by atoms with van der Waals surface area (Å²) >= 11 is 0. The van der Waals surface area contributed by atoms with Crippen LogP contribution in [0.4, 0.5) is 17.1 Å². The van der Waals surface area contributed by atoms with Crippen molar-refractivity contribution in [2.75, 3.05) is 4.90 Å². The van der Waals surface area contributed by atoms with E-state index in [0.717, 1.165) is 22.6 Å². The van der Waals surface area contributed by atoms with Crippen LogP contribution < -0.4 is 4.90 Å². The van der Waals surface area contributed by atoms with E-state index in [0.29, 0.717) is 0 Å². The fraction of sp³-hybridized carbons (Fsp3) is 0. The Labute approximate surface area is 344 Å². The lowest BCUT2D eigenvalue weighted by atomic mass is 9.90. The van der Waals surface area contributed by atoms with Crippen LogP contribution in [-0.4, -0.2) is 0 Å². The molecule has 0 amide bonds. The fourth-order valence-electron chi connectivity index (χ4n) is 8.98. The zero-order valence-corrected chi connectivity index (χ0v) is 32.5. The summed E-state index contributed by atoms with van der Waals surface area (Å²) in [6.45, 7) is 0. The molecular formula is C58H39N. The first-order valence-corrected chi connectivity index (χ1v) is 20.3. The summed E-state index contributed by atoms with van der Waals surface area (Å²) in [5, 5.41) is 10.1. The van der Waals surface area contributed by atoms with Gasteiger partial charge in [-0.2, -0.15) is 0 Å². The second-order valence-corrected chi connectivity index (χ2v) is 15.3. The van der Waals surface area contributed by atoms with Crippen molar-refractivity contribution >= 4 is 60.2 Å². The number of hydrogen-bond acceptors (Lipinski definition) is 1. The van der Waals surface area contributed by atoms with Gasteiger partial charge in [0.25, 0.3) is 0 Å². The van der Waals surface area contributed by atoms with Gasteiger partial charge in [0.15, 0.2) is 0 Å². The molecule has 11 rings (SSSR count). The molecule has 276 valence electrons. The molecule has 0 fully saturated rings. The van der Waals surface area contributed by atoms with Gasteiger partial charge in [0.1, 0.15) is 0 Å². The predicted octanol–water partition coefficient (Wildman–Crippen LogP) is 16.4. The average Bonchev–Trinajstić information content (AvgIpc) is 3.32. The molecule has 0 radical (unpaired) electrons. The summed E-state index contributed by atoms with van der Waals surface area (Å²) in [5.41, 5.74) is 12.8. The molecule has 0 spiro atoms. The number of rotatable bonds is 7. The summed E-state index contributed by atoms with van der Waals surface area (Å²) in [5.74, 6) is 0. The van der Waals surface area contributed by atoms with Crippen LogP contribution in [0.1, 0.15) is 0 Å². The van der Waals surface area contributed by atoms with Crippen molar-refractivity contribution in [2.45, 2.75) is 0 Å². The van der Waals surface area contributed by atoms with Gasteiger partial charge < -0.3 is 4.90 Å². The van der Waals surface area contributed by atoms with Gasteiger partial charge in [-0.3, -0.25) is 0 Å². The Hall–Kier alpha value is -7.74. The second-order valence-electron chi connectivity index (χ2n) is 15.3. The van der Waals surface area contributed by atoms with E-state index in [4.69, 9.17) is 0 Å². The first kappa shape index (κ1) is 34.5. The maximum atomic E-state index is 2.42. The standard InChI is InChI=1S/C58H39N/c1-3-14-40(15-4-1)42-30-33-49(34-31-42)59(50-22-11-21-46(37-50)53-25-12-20-43-18-7-9-23-52(43)53)51-38-47(41-16-5-2-6-17-41)36-48(39-51)54-26-13-27-57-56(54)35-32-45-29-28-44-19-8-10-24-55(44)58(45)57/h1-39H. The summed E-state index contributed by atoms with van der Waals surface area (Å²) < 4.78 is 0. The first-order valence-electron chi connectivity index (χ1n) is 20.3. The van der Waals surface area contributed by atoms with Crippen LogP contribution in [0.25, 0.3) is 87.6 Å². The SMILES string of the molecule is c1ccc(-c2ccc(N(c3cccc(-c4cccc5ccccc45)c3)c3cc(-c4ccccc4)cc(-c4cccc5c4ccc4ccc6ccccc6c45)c3)cc2)cc1. The largest absolute Gasteiger partial charge is 0.310 e. The van der Waals surface area contributed by atoms with Crippen molar-refractivity contribution in [3.05, 3.63) is 237 Å². The van der Waals surface area contributed by atoms with Gasteiger partial charge in [-0.1, -0.05) is 194 Å². The Morgan fingerprint density at radius 3 is 1.51 bits per heavy atom. The summed E-state index contributed by atoms with van der Waals surface area (Å²) in [6.07, 6.45) is 0. The van der Waals surface area contributed by atoms with Gasteiger partial charge in [0.2, 0.25) is 0 Å². The van der Waals surface area contributed by atoms with Crippen LogP contribution in [0.5, 0.6) is 0 Å². The van der Waals surface area contributed by atoms with E-state index in [9.17, 15) is 0 Å². The molecule has 0 saturated carbocycles. The molecule has 0 aromatic heterocycles. The smallest absolute Gasteiger partial charge is 0.0473 e. The number of nitrogens with zero attached hydrogens (tertiary/aromatic N) is 1. The lowest BCUT2D eigenvalue weighted by Crippen LogP contribution is -2.10. The number of anilines is 3. The van der Waals surface area contributed by atoms with Gasteiger partial charge in [0, 0.05) is 17.1 Å². The number of benzene rings is 11. The highest BCUT2D eigenvalue weighted by Crippen LogP contribution is 2.44. The molecule has 0 bridgehead atoms. The molecule has 11 aromatic carbocycles. The Bertz CT molecular complexity index is 3310. The zero-order chi connectivity index (χ0) is 39.1. The minimum absolute atomic E-state index is 1.09. The molecule has 11 aromatic rings. The lowest BCUT2D eigenvalue weighted by molar-refractivity contribution is 1.28. The molecule has 0 aliphatic heterocycles. The molecule has 1 nitrogen and oxygen atoms in total. The lowest BCUT2D eigenvalue weighted by Gasteiger charge is -2.28. The van der Waals surface area contributed by atoms with E-state index < -0.39 is 0 Å². The summed E-state index contributed by atoms with van der Waals surface area (Å²) in [7, 11) is 0. The zero-order valence-electron chi connectivity index (χ0n) is 32.5. The molecular weight excluding hydrogens is 711 g/mol. The van der Waals surface area contributed by atoms with Gasteiger partial charge in [-0.15, -0.1) is 0 Å². The van der Waals surface area contributed by atoms with Crippen LogP contribution in [0.3, 0.4) is 0 Å². The van der Waals surface area contributed by atoms with Crippen LogP contribution in [-0.2, 0) is 0 Å². The maximum absolute atomic E-state index is 2.42. The van der Waals surface area contributed by atoms with E-state index in [-0.39, 0.29) is 0 Å². The first-order chi connectivity index (χ1) is 29.2. The third-order valence-corrected chi connectivity index (χ3v) is 11.8. The molecule has 0 heterocycles. The molecule has 0 aliphatic carbocycles. The van der Waals surface area contributed by atoms with Gasteiger partial charge in [0.05, 0.1) is 0 Å². The van der Waals surface area contributed by atoms with Crippen LogP contribution in [0.2, 0.25) is 0 Å². The minimum Gasteiger partial charge on any atom is -0.310 e. The normalized spacial score (nSPS) is 11.4. The van der Waals surface area contributed by atoms with Gasteiger partial charge in [-0.25, -0.2) is 0 Å². The quantitative estimate of drug-likeness (QED) is 0.147. The summed E-state index contributed by atoms with van der Waals surface area (Å²) in [4.78, 5) is 2.42. The van der Waals surface area contributed by atoms with E-state index >= 15 is 0 Å². The summed E-state index contributed by atoms with van der Waals surface area (Å²) in [6, 6.07) is 86.4. The van der Waals surface area contributed by atoms with E-state index in [1.165, 1.54) is 82.0 Å². The Morgan fingerprint density at radius 2 is 0.729 bits per heavy atom. The van der Waals surface area contributed by atoms with Crippen LogP contribution in [0.15, 0.2) is 237 Å². The Kier molecular flexibility index (Phi) is 8.56. The van der Waals surface area contributed by atoms with E-state index in [1.54, 1.807) is 0 Å². The van der Waals surface area contributed by atoms with Crippen LogP contribution in [0, 0.1) is 0 Å². The van der Waals surface area contributed by atoms with Crippen LogP contribution >= 0.6 is 0 Å². The molecule has 0 aliphatic rings. The predicted molar refractivity (Wildman–Crippen MR) is 253 cm³/mol.